The highest BCUT2D eigenvalue weighted by molar-refractivity contribution is 6.39. The Morgan fingerprint density at radius 2 is 2.14 bits per heavy atom. The number of carbonyl (C=O) groups is 1. The molecule has 0 N–H and O–H groups in total. The lowest BCUT2D eigenvalue weighted by atomic mass is 10.2. The number of nitrogens with zero attached hydrogens (tertiary/aromatic N) is 4. The van der Waals surface area contributed by atoms with Crippen LogP contribution in [-0.4, -0.2) is 39.4 Å². The molecule has 0 amide bonds. The summed E-state index contributed by atoms with van der Waals surface area (Å²) in [5.74, 6) is 0.272. The summed E-state index contributed by atoms with van der Waals surface area (Å²) in [6, 6.07) is 3.03. The van der Waals surface area contributed by atoms with Crippen LogP contribution in [0, 0.1) is 6.92 Å². The van der Waals surface area contributed by atoms with Crippen LogP contribution in [0.25, 0.3) is 0 Å². The van der Waals surface area contributed by atoms with E-state index in [1.54, 1.807) is 13.8 Å². The first-order chi connectivity index (χ1) is 10.5. The summed E-state index contributed by atoms with van der Waals surface area (Å²) < 4.78 is 10.5. The molecule has 7 nitrogen and oxygen atoms in total. The van der Waals surface area contributed by atoms with Gasteiger partial charge >= 0.3 is 5.97 Å². The van der Waals surface area contributed by atoms with E-state index in [0.717, 1.165) is 0 Å². The Morgan fingerprint density at radius 3 is 2.77 bits per heavy atom. The summed E-state index contributed by atoms with van der Waals surface area (Å²) in [6.45, 7) is 4.30. The number of aryl methyl sites for hydroxylation is 1. The second kappa shape index (κ2) is 7.42. The highest BCUT2D eigenvalue weighted by atomic mass is 35.5. The largest absolute Gasteiger partial charge is 0.488 e. The predicted molar refractivity (Wildman–Crippen MR) is 80.5 cm³/mol. The van der Waals surface area contributed by atoms with Gasteiger partial charge in [-0.2, -0.15) is 4.80 Å². The van der Waals surface area contributed by atoms with E-state index < -0.39 is 5.97 Å². The summed E-state index contributed by atoms with van der Waals surface area (Å²) in [7, 11) is 0. The lowest BCUT2D eigenvalue weighted by molar-refractivity contribution is 0.0526. The Labute approximate surface area is 137 Å². The zero-order valence-corrected chi connectivity index (χ0v) is 13.6. The molecule has 0 aliphatic carbocycles. The minimum absolute atomic E-state index is 0.119. The van der Waals surface area contributed by atoms with Gasteiger partial charge in [0.15, 0.2) is 11.6 Å². The third-order valence-electron chi connectivity index (χ3n) is 2.63. The standard InChI is InChI=1S/C13H14Cl2N4O3/c1-3-21-13(20)9-4-5-10(14)12(11(9)15)22-7-6-19-17-8(2)16-18-19/h4-5H,3,6-7H2,1-2H3. The topological polar surface area (TPSA) is 79.1 Å². The molecule has 22 heavy (non-hydrogen) atoms. The molecule has 2 rings (SSSR count). The Hall–Kier alpha value is -1.86. The van der Waals surface area contributed by atoms with Gasteiger partial charge in [-0.15, -0.1) is 10.2 Å². The third-order valence-corrected chi connectivity index (χ3v) is 3.31. The molecule has 0 radical (unpaired) electrons. The van der Waals surface area contributed by atoms with Crippen LogP contribution in [0.4, 0.5) is 0 Å². The van der Waals surface area contributed by atoms with Gasteiger partial charge in [0.05, 0.1) is 28.8 Å². The van der Waals surface area contributed by atoms with Gasteiger partial charge in [0.2, 0.25) is 0 Å². The minimum Gasteiger partial charge on any atom is -0.488 e. The quantitative estimate of drug-likeness (QED) is 0.749. The number of carbonyl (C=O) groups excluding carboxylic acids is 1. The molecule has 0 unspecified atom stereocenters. The van der Waals surface area contributed by atoms with Crippen molar-refractivity contribution in [1.82, 2.24) is 20.2 Å². The fourth-order valence-electron chi connectivity index (χ4n) is 1.68. The van der Waals surface area contributed by atoms with E-state index in [-0.39, 0.29) is 29.5 Å². The van der Waals surface area contributed by atoms with Gasteiger partial charge in [0, 0.05) is 0 Å². The molecular weight excluding hydrogens is 331 g/mol. The lowest BCUT2D eigenvalue weighted by Crippen LogP contribution is -2.12. The first-order valence-corrected chi connectivity index (χ1v) is 7.30. The molecule has 0 aliphatic heterocycles. The fourth-order valence-corrected chi connectivity index (χ4v) is 2.24. The molecule has 0 spiro atoms. The van der Waals surface area contributed by atoms with Gasteiger partial charge in [0.25, 0.3) is 0 Å². The van der Waals surface area contributed by atoms with Crippen molar-refractivity contribution in [3.05, 3.63) is 33.6 Å². The minimum atomic E-state index is -0.525. The van der Waals surface area contributed by atoms with Crippen LogP contribution < -0.4 is 4.74 Å². The Morgan fingerprint density at radius 1 is 1.36 bits per heavy atom. The monoisotopic (exact) mass is 344 g/mol. The molecule has 0 bridgehead atoms. The average molecular weight is 345 g/mol. The van der Waals surface area contributed by atoms with Crippen LogP contribution in [-0.2, 0) is 11.3 Å². The second-order valence-electron chi connectivity index (χ2n) is 4.24. The Kier molecular flexibility index (Phi) is 5.57. The number of esters is 1. The van der Waals surface area contributed by atoms with Gasteiger partial charge < -0.3 is 9.47 Å². The number of tetrazole rings is 1. The van der Waals surface area contributed by atoms with Crippen molar-refractivity contribution in [1.29, 1.82) is 0 Å². The van der Waals surface area contributed by atoms with Gasteiger partial charge in [-0.25, -0.2) is 4.79 Å². The number of hydrogen-bond donors (Lipinski definition) is 0. The van der Waals surface area contributed by atoms with Gasteiger partial charge in [0.1, 0.15) is 6.61 Å². The molecule has 1 aromatic carbocycles. The molecule has 0 aliphatic rings. The molecule has 1 heterocycles. The molecule has 0 fully saturated rings. The second-order valence-corrected chi connectivity index (χ2v) is 5.02. The number of ether oxygens (including phenoxy) is 2. The van der Waals surface area contributed by atoms with Crippen LogP contribution in [0.2, 0.25) is 10.0 Å². The maximum atomic E-state index is 11.8. The van der Waals surface area contributed by atoms with Crippen molar-refractivity contribution in [3.8, 4) is 5.75 Å². The van der Waals surface area contributed by atoms with Crippen LogP contribution in [0.1, 0.15) is 23.1 Å². The smallest absolute Gasteiger partial charge is 0.339 e. The van der Waals surface area contributed by atoms with E-state index in [0.29, 0.717) is 17.4 Å². The maximum absolute atomic E-state index is 11.8. The van der Waals surface area contributed by atoms with Crippen molar-refractivity contribution < 1.29 is 14.3 Å². The molecule has 0 atom stereocenters. The van der Waals surface area contributed by atoms with E-state index in [4.69, 9.17) is 32.7 Å². The van der Waals surface area contributed by atoms with Crippen molar-refractivity contribution in [2.45, 2.75) is 20.4 Å². The van der Waals surface area contributed by atoms with E-state index >= 15 is 0 Å². The van der Waals surface area contributed by atoms with Crippen LogP contribution >= 0.6 is 23.2 Å². The molecule has 118 valence electrons. The summed E-state index contributed by atoms with van der Waals surface area (Å²) in [5, 5.41) is 12.0. The van der Waals surface area contributed by atoms with Crippen LogP contribution in [0.15, 0.2) is 12.1 Å². The highest BCUT2D eigenvalue weighted by Crippen LogP contribution is 2.35. The summed E-state index contributed by atoms with van der Waals surface area (Å²) in [5.41, 5.74) is 0.206. The zero-order valence-electron chi connectivity index (χ0n) is 12.0. The molecule has 0 saturated heterocycles. The molecular formula is C13H14Cl2N4O3. The first kappa shape index (κ1) is 16.5. The lowest BCUT2D eigenvalue weighted by Gasteiger charge is -2.12. The first-order valence-electron chi connectivity index (χ1n) is 6.55. The number of rotatable bonds is 6. The van der Waals surface area contributed by atoms with Crippen molar-refractivity contribution in [2.24, 2.45) is 0 Å². The fraction of sp³-hybridized carbons (Fsp3) is 0.385. The normalized spacial score (nSPS) is 10.5. The van der Waals surface area contributed by atoms with Crippen LogP contribution in [0.5, 0.6) is 5.75 Å². The van der Waals surface area contributed by atoms with Gasteiger partial charge in [-0.3, -0.25) is 0 Å². The molecule has 1 aromatic heterocycles. The van der Waals surface area contributed by atoms with E-state index in [9.17, 15) is 4.79 Å². The molecule has 0 saturated carbocycles. The Bertz CT molecular complexity index is 675. The Balaban J connectivity index is 2.09. The van der Waals surface area contributed by atoms with E-state index in [1.807, 2.05) is 0 Å². The zero-order chi connectivity index (χ0) is 16.1. The molecule has 9 heteroatoms. The van der Waals surface area contributed by atoms with Crippen molar-refractivity contribution >= 4 is 29.2 Å². The predicted octanol–water partition coefficient (Wildman–Crippen LogP) is 2.54. The number of benzene rings is 1. The number of hydrogen-bond acceptors (Lipinski definition) is 6. The van der Waals surface area contributed by atoms with Crippen molar-refractivity contribution in [3.63, 3.8) is 0 Å². The van der Waals surface area contributed by atoms with Crippen LogP contribution in [0.3, 0.4) is 0 Å². The SMILES string of the molecule is CCOC(=O)c1ccc(Cl)c(OCCn2nnc(C)n2)c1Cl. The number of aromatic nitrogens is 4. The average Bonchev–Trinajstić information content (AvgIpc) is 2.88. The summed E-state index contributed by atoms with van der Waals surface area (Å²) >= 11 is 12.2. The summed E-state index contributed by atoms with van der Waals surface area (Å²) in [4.78, 5) is 13.2. The number of halogens is 2. The third kappa shape index (κ3) is 3.86. The van der Waals surface area contributed by atoms with Crippen molar-refractivity contribution in [2.75, 3.05) is 13.2 Å². The molecule has 2 aromatic rings. The van der Waals surface area contributed by atoms with Gasteiger partial charge in [-0.05, 0) is 31.2 Å². The maximum Gasteiger partial charge on any atom is 0.339 e. The van der Waals surface area contributed by atoms with Gasteiger partial charge in [-0.1, -0.05) is 23.2 Å². The highest BCUT2D eigenvalue weighted by Gasteiger charge is 2.18. The van der Waals surface area contributed by atoms with E-state index in [2.05, 4.69) is 15.4 Å². The van der Waals surface area contributed by atoms with E-state index in [1.165, 1.54) is 16.9 Å². The summed E-state index contributed by atoms with van der Waals surface area (Å²) in [6.07, 6.45) is 0.